The van der Waals surface area contributed by atoms with E-state index in [-0.39, 0.29) is 5.91 Å². The van der Waals surface area contributed by atoms with Gasteiger partial charge in [0.05, 0.1) is 0 Å². The molecule has 1 aromatic heterocycles. The molecule has 1 aromatic carbocycles. The van der Waals surface area contributed by atoms with Gasteiger partial charge in [0.1, 0.15) is 5.69 Å². The SMILES string of the molecule is O=C(NCCc1ccc2c(c1)CCCS2)c1ccccn1. The summed E-state index contributed by atoms with van der Waals surface area (Å²) in [6.07, 6.45) is 4.93. The number of pyridine rings is 1. The van der Waals surface area contributed by atoms with Crippen molar-refractivity contribution >= 4 is 17.7 Å². The van der Waals surface area contributed by atoms with Gasteiger partial charge in [-0.25, -0.2) is 0 Å². The van der Waals surface area contributed by atoms with Crippen LogP contribution in [0.4, 0.5) is 0 Å². The number of fused-ring (bicyclic) bond motifs is 1. The first-order valence-electron chi connectivity index (χ1n) is 7.27. The second-order valence-corrected chi connectivity index (χ2v) is 6.25. The number of aryl methyl sites for hydroxylation is 1. The van der Waals surface area contributed by atoms with Crippen LogP contribution in [0.15, 0.2) is 47.5 Å². The lowest BCUT2D eigenvalue weighted by atomic mass is 10.0. The minimum absolute atomic E-state index is 0.107. The molecule has 0 spiro atoms. The lowest BCUT2D eigenvalue weighted by molar-refractivity contribution is 0.0949. The Morgan fingerprint density at radius 3 is 3.10 bits per heavy atom. The molecule has 0 atom stereocenters. The van der Waals surface area contributed by atoms with Gasteiger partial charge in [0.2, 0.25) is 0 Å². The van der Waals surface area contributed by atoms with Gasteiger partial charge >= 0.3 is 0 Å². The van der Waals surface area contributed by atoms with E-state index in [9.17, 15) is 4.79 Å². The molecule has 21 heavy (non-hydrogen) atoms. The standard InChI is InChI=1S/C17H18N2OS/c20-17(15-5-1-2-9-18-15)19-10-8-13-6-7-16-14(12-13)4-3-11-21-16/h1-2,5-7,9,12H,3-4,8,10-11H2,(H,19,20). The molecule has 0 fully saturated rings. The van der Waals surface area contributed by atoms with Crippen molar-refractivity contribution in [2.75, 3.05) is 12.3 Å². The van der Waals surface area contributed by atoms with Gasteiger partial charge in [-0.3, -0.25) is 9.78 Å². The molecule has 4 heteroatoms. The molecule has 1 amide bonds. The zero-order chi connectivity index (χ0) is 14.5. The number of hydrogen-bond donors (Lipinski definition) is 1. The van der Waals surface area contributed by atoms with Crippen LogP contribution in [0.2, 0.25) is 0 Å². The molecule has 0 aliphatic carbocycles. The van der Waals surface area contributed by atoms with Crippen molar-refractivity contribution in [3.05, 3.63) is 59.4 Å². The number of nitrogens with one attached hydrogen (secondary N) is 1. The van der Waals surface area contributed by atoms with E-state index in [0.29, 0.717) is 12.2 Å². The fourth-order valence-electron chi connectivity index (χ4n) is 2.48. The number of hydrogen-bond acceptors (Lipinski definition) is 3. The number of carbonyl (C=O) groups is 1. The van der Waals surface area contributed by atoms with E-state index in [1.807, 2.05) is 23.9 Å². The molecule has 2 aromatic rings. The largest absolute Gasteiger partial charge is 0.350 e. The van der Waals surface area contributed by atoms with Crippen LogP contribution < -0.4 is 5.32 Å². The third kappa shape index (κ3) is 3.64. The molecule has 0 bridgehead atoms. The maximum Gasteiger partial charge on any atom is 0.269 e. The van der Waals surface area contributed by atoms with Gasteiger partial charge in [-0.2, -0.15) is 0 Å². The third-order valence-electron chi connectivity index (χ3n) is 3.57. The molecule has 3 rings (SSSR count). The van der Waals surface area contributed by atoms with Crippen molar-refractivity contribution in [2.24, 2.45) is 0 Å². The van der Waals surface area contributed by atoms with Crippen molar-refractivity contribution in [2.45, 2.75) is 24.2 Å². The van der Waals surface area contributed by atoms with Crippen LogP contribution >= 0.6 is 11.8 Å². The zero-order valence-corrected chi connectivity index (χ0v) is 12.7. The van der Waals surface area contributed by atoms with Crippen LogP contribution in [-0.4, -0.2) is 23.2 Å². The van der Waals surface area contributed by atoms with Crippen molar-refractivity contribution < 1.29 is 4.79 Å². The Kier molecular flexibility index (Phi) is 4.55. The van der Waals surface area contributed by atoms with Crippen molar-refractivity contribution in [1.29, 1.82) is 0 Å². The van der Waals surface area contributed by atoms with Gasteiger partial charge in [-0.1, -0.05) is 18.2 Å². The molecule has 0 saturated heterocycles. The first-order chi connectivity index (χ1) is 10.3. The van der Waals surface area contributed by atoms with Crippen LogP contribution in [0.25, 0.3) is 0 Å². The van der Waals surface area contributed by atoms with E-state index in [1.54, 1.807) is 12.3 Å². The number of thioether (sulfide) groups is 1. The number of nitrogens with zero attached hydrogens (tertiary/aromatic N) is 1. The molecule has 108 valence electrons. The first-order valence-corrected chi connectivity index (χ1v) is 8.25. The molecule has 0 saturated carbocycles. The molecule has 1 N–H and O–H groups in total. The zero-order valence-electron chi connectivity index (χ0n) is 11.8. The Balaban J connectivity index is 1.55. The maximum atomic E-state index is 11.9. The average Bonchev–Trinajstić information content (AvgIpc) is 2.55. The van der Waals surface area contributed by atoms with E-state index in [2.05, 4.69) is 28.5 Å². The summed E-state index contributed by atoms with van der Waals surface area (Å²) in [5, 5.41) is 2.92. The molecular formula is C17H18N2OS. The Labute approximate surface area is 129 Å². The molecule has 0 radical (unpaired) electrons. The summed E-state index contributed by atoms with van der Waals surface area (Å²) in [7, 11) is 0. The Bertz CT molecular complexity index is 628. The van der Waals surface area contributed by atoms with Crippen molar-refractivity contribution in [3.63, 3.8) is 0 Å². The van der Waals surface area contributed by atoms with E-state index in [1.165, 1.54) is 34.6 Å². The molecule has 1 aliphatic heterocycles. The molecule has 1 aliphatic rings. The number of rotatable bonds is 4. The number of carbonyl (C=O) groups excluding carboxylic acids is 1. The maximum absolute atomic E-state index is 11.9. The predicted octanol–water partition coefficient (Wildman–Crippen LogP) is 3.09. The molecular weight excluding hydrogens is 280 g/mol. The summed E-state index contributed by atoms with van der Waals surface area (Å²) < 4.78 is 0. The summed E-state index contributed by atoms with van der Waals surface area (Å²) in [6, 6.07) is 12.0. The Morgan fingerprint density at radius 1 is 1.29 bits per heavy atom. The molecule has 3 nitrogen and oxygen atoms in total. The first kappa shape index (κ1) is 14.1. The van der Waals surface area contributed by atoms with Crippen LogP contribution in [0.5, 0.6) is 0 Å². The highest BCUT2D eigenvalue weighted by molar-refractivity contribution is 7.99. The second-order valence-electron chi connectivity index (χ2n) is 5.11. The molecule has 2 heterocycles. The summed E-state index contributed by atoms with van der Waals surface area (Å²) in [4.78, 5) is 17.4. The van der Waals surface area contributed by atoms with Crippen LogP contribution in [0.3, 0.4) is 0 Å². The van der Waals surface area contributed by atoms with Crippen molar-refractivity contribution in [3.8, 4) is 0 Å². The number of amides is 1. The summed E-state index contributed by atoms with van der Waals surface area (Å²) >= 11 is 1.95. The van der Waals surface area contributed by atoms with E-state index < -0.39 is 0 Å². The topological polar surface area (TPSA) is 42.0 Å². The summed E-state index contributed by atoms with van der Waals surface area (Å²) in [5.41, 5.74) is 3.22. The predicted molar refractivity (Wildman–Crippen MR) is 85.8 cm³/mol. The lowest BCUT2D eigenvalue weighted by Crippen LogP contribution is -2.26. The van der Waals surface area contributed by atoms with Crippen molar-refractivity contribution in [1.82, 2.24) is 10.3 Å². The van der Waals surface area contributed by atoms with E-state index in [0.717, 1.165) is 6.42 Å². The fraction of sp³-hybridized carbons (Fsp3) is 0.294. The second kappa shape index (κ2) is 6.76. The average molecular weight is 298 g/mol. The quantitative estimate of drug-likeness (QED) is 0.943. The van der Waals surface area contributed by atoms with Gasteiger partial charge in [-0.05, 0) is 54.3 Å². The highest BCUT2D eigenvalue weighted by Gasteiger charge is 2.10. The number of aromatic nitrogens is 1. The summed E-state index contributed by atoms with van der Waals surface area (Å²) in [5.74, 6) is 1.12. The van der Waals surface area contributed by atoms with E-state index in [4.69, 9.17) is 0 Å². The van der Waals surface area contributed by atoms with Gasteiger partial charge in [0, 0.05) is 17.6 Å². The normalized spacial score (nSPS) is 13.5. The van der Waals surface area contributed by atoms with E-state index >= 15 is 0 Å². The van der Waals surface area contributed by atoms with Gasteiger partial charge in [0.15, 0.2) is 0 Å². The third-order valence-corrected chi connectivity index (χ3v) is 4.77. The summed E-state index contributed by atoms with van der Waals surface area (Å²) in [6.45, 7) is 0.640. The fourth-order valence-corrected chi connectivity index (χ4v) is 3.50. The minimum Gasteiger partial charge on any atom is -0.350 e. The van der Waals surface area contributed by atoms with Gasteiger partial charge < -0.3 is 5.32 Å². The smallest absolute Gasteiger partial charge is 0.269 e. The van der Waals surface area contributed by atoms with Gasteiger partial charge in [-0.15, -0.1) is 11.8 Å². The highest BCUT2D eigenvalue weighted by atomic mass is 32.2. The molecule has 0 unspecified atom stereocenters. The van der Waals surface area contributed by atoms with Crippen LogP contribution in [-0.2, 0) is 12.8 Å². The van der Waals surface area contributed by atoms with Crippen LogP contribution in [0, 0.1) is 0 Å². The lowest BCUT2D eigenvalue weighted by Gasteiger charge is -2.16. The van der Waals surface area contributed by atoms with Crippen LogP contribution in [0.1, 0.15) is 28.0 Å². The van der Waals surface area contributed by atoms with Gasteiger partial charge in [0.25, 0.3) is 5.91 Å². The number of benzene rings is 1. The minimum atomic E-state index is -0.107. The highest BCUT2D eigenvalue weighted by Crippen LogP contribution is 2.30. The Morgan fingerprint density at radius 2 is 2.24 bits per heavy atom. The monoisotopic (exact) mass is 298 g/mol. The Hall–Kier alpha value is -1.81.